The largest absolute Gasteiger partial charge is 0.332 e. The summed E-state index contributed by atoms with van der Waals surface area (Å²) in [6.45, 7) is 4.04. The Balaban J connectivity index is 1.43. The minimum atomic E-state index is -0.627. The zero-order chi connectivity index (χ0) is 16.7. The van der Waals surface area contributed by atoms with Gasteiger partial charge in [0, 0.05) is 26.1 Å². The average molecular weight is 326 g/mol. The number of hydrogen-bond acceptors (Lipinski definition) is 2. The monoisotopic (exact) mass is 326 g/mol. The molecule has 1 aliphatic carbocycles. The molecule has 2 aliphatic heterocycles. The van der Waals surface area contributed by atoms with E-state index >= 15 is 0 Å². The molecule has 0 bridgehead atoms. The lowest BCUT2D eigenvalue weighted by Crippen LogP contribution is -2.67. The Morgan fingerprint density at radius 1 is 1.12 bits per heavy atom. The molecule has 0 spiro atoms. The molecule has 1 saturated heterocycles. The molecule has 1 unspecified atom stereocenters. The summed E-state index contributed by atoms with van der Waals surface area (Å²) in [4.78, 5) is 29.6. The summed E-state index contributed by atoms with van der Waals surface area (Å²) in [6.07, 6.45) is 6.26. The predicted octanol–water partition coefficient (Wildman–Crippen LogP) is 3.10. The molecule has 2 amide bonds. The molecular formula is C20H26N2O2. The highest BCUT2D eigenvalue weighted by Crippen LogP contribution is 2.37. The third-order valence-electron chi connectivity index (χ3n) is 6.25. The maximum Gasteiger partial charge on any atom is 0.248 e. The van der Waals surface area contributed by atoms with E-state index in [1.807, 2.05) is 28.9 Å². The number of carbonyl (C=O) groups excluding carboxylic acids is 2. The highest BCUT2D eigenvalue weighted by molar-refractivity contribution is 5.93. The SMILES string of the molecule is CC1(C(=O)N2Cc3ccccc3C2)CCN1C(=O)CC1CCCC1. The Morgan fingerprint density at radius 2 is 1.75 bits per heavy atom. The Bertz CT molecular complexity index is 640. The molecule has 4 rings (SSSR count). The standard InChI is InChI=1S/C20H26N2O2/c1-20(10-11-22(20)18(23)12-15-6-2-3-7-15)19(24)21-13-16-8-4-5-9-17(16)14-21/h4-5,8-9,15H,2-3,6-7,10-14H2,1H3. The van der Waals surface area contributed by atoms with Crippen LogP contribution in [0, 0.1) is 5.92 Å². The second-order valence-corrected chi connectivity index (χ2v) is 7.85. The van der Waals surface area contributed by atoms with Crippen molar-refractivity contribution < 1.29 is 9.59 Å². The summed E-state index contributed by atoms with van der Waals surface area (Å²) in [5.41, 5.74) is 1.84. The van der Waals surface area contributed by atoms with E-state index in [2.05, 4.69) is 12.1 Å². The first-order valence-electron chi connectivity index (χ1n) is 9.24. The Labute approximate surface area is 143 Å². The van der Waals surface area contributed by atoms with E-state index in [0.717, 1.165) is 13.0 Å². The fraction of sp³-hybridized carbons (Fsp3) is 0.600. The van der Waals surface area contributed by atoms with E-state index in [1.54, 1.807) is 0 Å². The van der Waals surface area contributed by atoms with Gasteiger partial charge in [-0.2, -0.15) is 0 Å². The first-order valence-corrected chi connectivity index (χ1v) is 9.24. The van der Waals surface area contributed by atoms with E-state index in [9.17, 15) is 9.59 Å². The van der Waals surface area contributed by atoms with Crippen LogP contribution in [-0.2, 0) is 22.7 Å². The second-order valence-electron chi connectivity index (χ2n) is 7.85. The number of hydrogen-bond donors (Lipinski definition) is 0. The van der Waals surface area contributed by atoms with Crippen molar-refractivity contribution in [3.63, 3.8) is 0 Å². The summed E-state index contributed by atoms with van der Waals surface area (Å²) in [5.74, 6) is 0.832. The quantitative estimate of drug-likeness (QED) is 0.856. The van der Waals surface area contributed by atoms with E-state index in [1.165, 1.54) is 36.8 Å². The molecular weight excluding hydrogens is 300 g/mol. The van der Waals surface area contributed by atoms with Crippen molar-refractivity contribution in [1.82, 2.24) is 9.80 Å². The van der Waals surface area contributed by atoms with Gasteiger partial charge in [-0.1, -0.05) is 37.1 Å². The van der Waals surface area contributed by atoms with Crippen LogP contribution in [0.1, 0.15) is 56.6 Å². The van der Waals surface area contributed by atoms with Crippen LogP contribution in [0.4, 0.5) is 0 Å². The van der Waals surface area contributed by atoms with Gasteiger partial charge in [0.15, 0.2) is 0 Å². The Hall–Kier alpha value is -1.84. The Morgan fingerprint density at radius 3 is 2.29 bits per heavy atom. The van der Waals surface area contributed by atoms with Gasteiger partial charge >= 0.3 is 0 Å². The minimum absolute atomic E-state index is 0.115. The number of carbonyl (C=O) groups is 2. The van der Waals surface area contributed by atoms with Crippen molar-refractivity contribution in [1.29, 1.82) is 0 Å². The van der Waals surface area contributed by atoms with E-state index in [0.29, 0.717) is 25.4 Å². The number of likely N-dealkylation sites (tertiary alicyclic amines) is 1. The summed E-state index contributed by atoms with van der Waals surface area (Å²) in [7, 11) is 0. The molecule has 24 heavy (non-hydrogen) atoms. The van der Waals surface area contributed by atoms with Gasteiger partial charge in [-0.15, -0.1) is 0 Å². The van der Waals surface area contributed by atoms with Gasteiger partial charge in [-0.3, -0.25) is 9.59 Å². The summed E-state index contributed by atoms with van der Waals surface area (Å²) in [6, 6.07) is 8.23. The van der Waals surface area contributed by atoms with Crippen molar-refractivity contribution in [2.75, 3.05) is 6.54 Å². The highest BCUT2D eigenvalue weighted by atomic mass is 16.2. The molecule has 0 radical (unpaired) electrons. The van der Waals surface area contributed by atoms with E-state index in [4.69, 9.17) is 0 Å². The normalized spacial score (nSPS) is 26.4. The molecule has 0 aromatic heterocycles. The van der Waals surface area contributed by atoms with Gasteiger partial charge in [-0.05, 0) is 43.2 Å². The predicted molar refractivity (Wildman–Crippen MR) is 92.0 cm³/mol. The van der Waals surface area contributed by atoms with Crippen molar-refractivity contribution in [2.45, 2.75) is 64.1 Å². The van der Waals surface area contributed by atoms with Crippen molar-refractivity contribution >= 4 is 11.8 Å². The molecule has 3 aliphatic rings. The number of benzene rings is 1. The summed E-state index contributed by atoms with van der Waals surface area (Å²) < 4.78 is 0. The topological polar surface area (TPSA) is 40.6 Å². The zero-order valence-corrected chi connectivity index (χ0v) is 14.5. The number of rotatable bonds is 3. The van der Waals surface area contributed by atoms with Crippen LogP contribution < -0.4 is 0 Å². The van der Waals surface area contributed by atoms with Crippen LogP contribution in [0.5, 0.6) is 0 Å². The lowest BCUT2D eigenvalue weighted by atomic mass is 9.84. The lowest BCUT2D eigenvalue weighted by molar-refractivity contribution is -0.165. The summed E-state index contributed by atoms with van der Waals surface area (Å²) >= 11 is 0. The molecule has 1 aromatic rings. The number of fused-ring (bicyclic) bond motifs is 1. The molecule has 4 heteroatoms. The fourth-order valence-electron chi connectivity index (χ4n) is 4.57. The maximum atomic E-state index is 13.1. The summed E-state index contributed by atoms with van der Waals surface area (Å²) in [5, 5.41) is 0. The van der Waals surface area contributed by atoms with Crippen LogP contribution >= 0.6 is 0 Å². The molecule has 1 saturated carbocycles. The molecule has 4 nitrogen and oxygen atoms in total. The van der Waals surface area contributed by atoms with E-state index < -0.39 is 5.54 Å². The number of nitrogens with zero attached hydrogens (tertiary/aromatic N) is 2. The smallest absolute Gasteiger partial charge is 0.248 e. The first-order chi connectivity index (χ1) is 11.6. The van der Waals surface area contributed by atoms with Crippen LogP contribution in [0.15, 0.2) is 24.3 Å². The second kappa shape index (κ2) is 5.91. The third-order valence-corrected chi connectivity index (χ3v) is 6.25. The van der Waals surface area contributed by atoms with Crippen LogP contribution in [-0.4, -0.2) is 33.7 Å². The van der Waals surface area contributed by atoms with Gasteiger partial charge in [0.25, 0.3) is 0 Å². The molecule has 1 atom stereocenters. The minimum Gasteiger partial charge on any atom is -0.332 e. The van der Waals surface area contributed by atoms with Gasteiger partial charge in [-0.25, -0.2) is 0 Å². The third kappa shape index (κ3) is 2.52. The molecule has 1 aromatic carbocycles. The van der Waals surface area contributed by atoms with Crippen LogP contribution in [0.2, 0.25) is 0 Å². The molecule has 2 heterocycles. The number of amides is 2. The lowest BCUT2D eigenvalue weighted by Gasteiger charge is -2.50. The van der Waals surface area contributed by atoms with Crippen molar-refractivity contribution in [2.24, 2.45) is 5.92 Å². The van der Waals surface area contributed by atoms with Crippen molar-refractivity contribution in [3.8, 4) is 0 Å². The van der Waals surface area contributed by atoms with Crippen molar-refractivity contribution in [3.05, 3.63) is 35.4 Å². The molecule has 2 fully saturated rings. The molecule has 128 valence electrons. The van der Waals surface area contributed by atoms with Gasteiger partial charge in [0.2, 0.25) is 11.8 Å². The maximum absolute atomic E-state index is 13.1. The van der Waals surface area contributed by atoms with Gasteiger partial charge in [0.1, 0.15) is 5.54 Å². The van der Waals surface area contributed by atoms with Crippen LogP contribution in [0.25, 0.3) is 0 Å². The zero-order valence-electron chi connectivity index (χ0n) is 14.5. The first kappa shape index (κ1) is 15.7. The van der Waals surface area contributed by atoms with Gasteiger partial charge in [0.05, 0.1) is 0 Å². The van der Waals surface area contributed by atoms with Crippen LogP contribution in [0.3, 0.4) is 0 Å². The molecule has 0 N–H and O–H groups in total. The fourth-order valence-corrected chi connectivity index (χ4v) is 4.57. The highest BCUT2D eigenvalue weighted by Gasteiger charge is 2.51. The van der Waals surface area contributed by atoms with Gasteiger partial charge < -0.3 is 9.80 Å². The average Bonchev–Trinajstić information content (AvgIpc) is 3.21. The van der Waals surface area contributed by atoms with E-state index in [-0.39, 0.29) is 11.8 Å². The Kier molecular flexibility index (Phi) is 3.86.